The van der Waals surface area contributed by atoms with Gasteiger partial charge in [-0.1, -0.05) is 0 Å². The van der Waals surface area contributed by atoms with E-state index in [4.69, 9.17) is 9.15 Å². The largest absolute Gasteiger partial charge is 0.462 e. The Morgan fingerprint density at radius 3 is 2.72 bits per heavy atom. The van der Waals surface area contributed by atoms with E-state index in [2.05, 4.69) is 20.9 Å². The van der Waals surface area contributed by atoms with Crippen molar-refractivity contribution >= 4 is 21.9 Å². The van der Waals surface area contributed by atoms with Crippen molar-refractivity contribution in [3.05, 3.63) is 40.2 Å². The fraction of sp³-hybridized carbons (Fsp3) is 0.231. The Morgan fingerprint density at radius 1 is 1.39 bits per heavy atom. The van der Waals surface area contributed by atoms with Crippen LogP contribution in [-0.4, -0.2) is 17.6 Å². The minimum atomic E-state index is -0.352. The molecule has 0 aliphatic carbocycles. The summed E-state index contributed by atoms with van der Waals surface area (Å²) in [5, 5.41) is 0. The average Bonchev–Trinajstić information content (AvgIpc) is 2.76. The number of pyridine rings is 1. The fourth-order valence-electron chi connectivity index (χ4n) is 1.57. The van der Waals surface area contributed by atoms with Gasteiger partial charge in [0, 0.05) is 0 Å². The van der Waals surface area contributed by atoms with E-state index in [1.54, 1.807) is 32.0 Å². The highest BCUT2D eigenvalue weighted by atomic mass is 79.9. The standard InChI is InChI=1S/C13H12BrNO3/c1-3-17-13(16)9-4-5-10(15-8(9)2)11-6-7-12(14)18-11/h4-7H,3H2,1-2H3. The van der Waals surface area contributed by atoms with Crippen molar-refractivity contribution in [2.45, 2.75) is 13.8 Å². The molecule has 0 N–H and O–H groups in total. The van der Waals surface area contributed by atoms with Gasteiger partial charge in [-0.05, 0) is 54.0 Å². The maximum Gasteiger partial charge on any atom is 0.339 e. The van der Waals surface area contributed by atoms with Crippen LogP contribution in [0, 0.1) is 6.92 Å². The Balaban J connectivity index is 2.33. The summed E-state index contributed by atoms with van der Waals surface area (Å²) < 4.78 is 11.0. The van der Waals surface area contributed by atoms with Gasteiger partial charge in [-0.25, -0.2) is 9.78 Å². The molecule has 0 aliphatic rings. The van der Waals surface area contributed by atoms with Gasteiger partial charge in [0.25, 0.3) is 0 Å². The number of ether oxygens (including phenoxy) is 1. The lowest BCUT2D eigenvalue weighted by molar-refractivity contribution is 0.0525. The molecular formula is C13H12BrNO3. The van der Waals surface area contributed by atoms with Crippen LogP contribution in [0.1, 0.15) is 23.0 Å². The maximum atomic E-state index is 11.6. The number of esters is 1. The van der Waals surface area contributed by atoms with Crippen molar-refractivity contribution in [1.29, 1.82) is 0 Å². The molecule has 2 rings (SSSR count). The molecule has 94 valence electrons. The summed E-state index contributed by atoms with van der Waals surface area (Å²) in [4.78, 5) is 16.0. The third-order valence-corrected chi connectivity index (χ3v) is 2.83. The smallest absolute Gasteiger partial charge is 0.339 e. The molecule has 18 heavy (non-hydrogen) atoms. The average molecular weight is 310 g/mol. The minimum absolute atomic E-state index is 0.352. The van der Waals surface area contributed by atoms with Crippen LogP contribution in [0.2, 0.25) is 0 Å². The number of carbonyl (C=O) groups excluding carboxylic acids is 1. The predicted molar refractivity (Wildman–Crippen MR) is 70.3 cm³/mol. The van der Waals surface area contributed by atoms with Crippen LogP contribution in [0.5, 0.6) is 0 Å². The van der Waals surface area contributed by atoms with E-state index in [0.29, 0.717) is 34.0 Å². The highest BCUT2D eigenvalue weighted by molar-refractivity contribution is 9.10. The zero-order valence-electron chi connectivity index (χ0n) is 10.1. The predicted octanol–water partition coefficient (Wildman–Crippen LogP) is 3.59. The van der Waals surface area contributed by atoms with E-state index in [1.165, 1.54) is 0 Å². The second kappa shape index (κ2) is 5.35. The maximum absolute atomic E-state index is 11.6. The fourth-order valence-corrected chi connectivity index (χ4v) is 1.88. The molecule has 5 heteroatoms. The molecule has 2 aromatic heterocycles. The van der Waals surface area contributed by atoms with E-state index in [1.807, 2.05) is 6.07 Å². The first-order valence-electron chi connectivity index (χ1n) is 5.52. The van der Waals surface area contributed by atoms with Crippen LogP contribution >= 0.6 is 15.9 Å². The third-order valence-electron chi connectivity index (χ3n) is 2.41. The summed E-state index contributed by atoms with van der Waals surface area (Å²) in [6.45, 7) is 3.90. The molecule has 0 amide bonds. The lowest BCUT2D eigenvalue weighted by Crippen LogP contribution is -2.07. The zero-order chi connectivity index (χ0) is 13.1. The molecule has 0 spiro atoms. The van der Waals surface area contributed by atoms with Crippen molar-refractivity contribution < 1.29 is 13.9 Å². The zero-order valence-corrected chi connectivity index (χ0v) is 11.7. The lowest BCUT2D eigenvalue weighted by Gasteiger charge is -2.05. The Kier molecular flexibility index (Phi) is 3.81. The van der Waals surface area contributed by atoms with E-state index < -0.39 is 0 Å². The summed E-state index contributed by atoms with van der Waals surface area (Å²) >= 11 is 3.24. The van der Waals surface area contributed by atoms with Gasteiger partial charge in [0.2, 0.25) is 0 Å². The first-order chi connectivity index (χ1) is 8.61. The summed E-state index contributed by atoms with van der Waals surface area (Å²) in [6, 6.07) is 7.05. The van der Waals surface area contributed by atoms with Gasteiger partial charge >= 0.3 is 5.97 Å². The van der Waals surface area contributed by atoms with Crippen molar-refractivity contribution in [3.63, 3.8) is 0 Å². The van der Waals surface area contributed by atoms with Crippen molar-refractivity contribution in [2.24, 2.45) is 0 Å². The van der Waals surface area contributed by atoms with Gasteiger partial charge in [0.1, 0.15) is 5.69 Å². The highest BCUT2D eigenvalue weighted by Crippen LogP contribution is 2.24. The Bertz CT molecular complexity index is 577. The van der Waals surface area contributed by atoms with Crippen molar-refractivity contribution in [3.8, 4) is 11.5 Å². The van der Waals surface area contributed by atoms with E-state index in [0.717, 1.165) is 0 Å². The van der Waals surface area contributed by atoms with Crippen LogP contribution in [-0.2, 0) is 4.74 Å². The molecule has 0 fully saturated rings. The number of rotatable bonds is 3. The molecule has 0 atom stereocenters. The van der Waals surface area contributed by atoms with Gasteiger partial charge in [-0.15, -0.1) is 0 Å². The number of halogens is 1. The number of hydrogen-bond donors (Lipinski definition) is 0. The number of aromatic nitrogens is 1. The first-order valence-corrected chi connectivity index (χ1v) is 6.31. The molecule has 2 heterocycles. The lowest BCUT2D eigenvalue weighted by atomic mass is 10.1. The van der Waals surface area contributed by atoms with Crippen LogP contribution in [0.3, 0.4) is 0 Å². The van der Waals surface area contributed by atoms with Crippen molar-refractivity contribution in [2.75, 3.05) is 6.61 Å². The number of furan rings is 1. The summed E-state index contributed by atoms with van der Waals surface area (Å²) in [6.07, 6.45) is 0. The number of carbonyl (C=O) groups is 1. The Hall–Kier alpha value is -1.62. The Labute approximate surface area is 113 Å². The van der Waals surface area contributed by atoms with Crippen LogP contribution in [0.25, 0.3) is 11.5 Å². The first kappa shape index (κ1) is 12.8. The molecule has 0 unspecified atom stereocenters. The van der Waals surface area contributed by atoms with Gasteiger partial charge in [-0.2, -0.15) is 0 Å². The molecule has 0 bridgehead atoms. The number of hydrogen-bond acceptors (Lipinski definition) is 4. The molecule has 4 nitrogen and oxygen atoms in total. The summed E-state index contributed by atoms with van der Waals surface area (Å²) in [5.41, 5.74) is 1.79. The highest BCUT2D eigenvalue weighted by Gasteiger charge is 2.13. The molecule has 0 saturated carbocycles. The second-order valence-corrected chi connectivity index (χ2v) is 4.44. The molecule has 0 aromatic carbocycles. The van der Waals surface area contributed by atoms with Crippen LogP contribution < -0.4 is 0 Å². The summed E-state index contributed by atoms with van der Waals surface area (Å²) in [5.74, 6) is 0.301. The minimum Gasteiger partial charge on any atom is -0.462 e. The van der Waals surface area contributed by atoms with Gasteiger partial charge in [0.15, 0.2) is 10.4 Å². The normalized spacial score (nSPS) is 10.4. The van der Waals surface area contributed by atoms with E-state index in [9.17, 15) is 4.79 Å². The second-order valence-electron chi connectivity index (χ2n) is 3.65. The molecule has 0 radical (unpaired) electrons. The van der Waals surface area contributed by atoms with Gasteiger partial charge in [-0.3, -0.25) is 0 Å². The monoisotopic (exact) mass is 309 g/mol. The molecule has 0 aliphatic heterocycles. The topological polar surface area (TPSA) is 52.3 Å². The van der Waals surface area contributed by atoms with Gasteiger partial charge < -0.3 is 9.15 Å². The quantitative estimate of drug-likeness (QED) is 0.813. The Morgan fingerprint density at radius 2 is 2.17 bits per heavy atom. The number of aryl methyl sites for hydroxylation is 1. The third kappa shape index (κ3) is 2.61. The number of nitrogens with zero attached hydrogens (tertiary/aromatic N) is 1. The van der Waals surface area contributed by atoms with Gasteiger partial charge in [0.05, 0.1) is 17.9 Å². The summed E-state index contributed by atoms with van der Waals surface area (Å²) in [7, 11) is 0. The SMILES string of the molecule is CCOC(=O)c1ccc(-c2ccc(Br)o2)nc1C. The molecular weight excluding hydrogens is 298 g/mol. The van der Waals surface area contributed by atoms with Crippen LogP contribution in [0.15, 0.2) is 33.4 Å². The van der Waals surface area contributed by atoms with Crippen LogP contribution in [0.4, 0.5) is 0 Å². The van der Waals surface area contributed by atoms with E-state index >= 15 is 0 Å². The van der Waals surface area contributed by atoms with Crippen molar-refractivity contribution in [1.82, 2.24) is 4.98 Å². The molecule has 2 aromatic rings. The molecule has 0 saturated heterocycles. The van der Waals surface area contributed by atoms with E-state index in [-0.39, 0.29) is 5.97 Å².